The van der Waals surface area contributed by atoms with Crippen molar-refractivity contribution in [1.29, 1.82) is 5.26 Å². The zero-order valence-electron chi connectivity index (χ0n) is 17.6. The van der Waals surface area contributed by atoms with Crippen molar-refractivity contribution in [2.24, 2.45) is 5.41 Å². The molecular weight excluding hydrogens is 378 g/mol. The molecule has 0 saturated carbocycles. The summed E-state index contributed by atoms with van der Waals surface area (Å²) in [7, 11) is 0. The van der Waals surface area contributed by atoms with Gasteiger partial charge in [0.05, 0.1) is 23.5 Å². The van der Waals surface area contributed by atoms with Gasteiger partial charge in [0.15, 0.2) is 5.78 Å². The van der Waals surface area contributed by atoms with Crippen LogP contribution in [0.4, 0.5) is 10.5 Å². The Balaban J connectivity index is 1.57. The maximum absolute atomic E-state index is 13.0. The SMILES string of the molecule is CC(NC(=O)N1CCN(c2cccnc2)CC1)C(C)(C)C(=O)c1ccc(C#N)cc1. The van der Waals surface area contributed by atoms with Crippen LogP contribution in [0.5, 0.6) is 0 Å². The molecule has 0 radical (unpaired) electrons. The number of pyridine rings is 1. The summed E-state index contributed by atoms with van der Waals surface area (Å²) in [6, 6.07) is 12.0. The second-order valence-electron chi connectivity index (χ2n) is 8.10. The Bertz CT molecular complexity index is 926. The number of anilines is 1. The summed E-state index contributed by atoms with van der Waals surface area (Å²) in [6.45, 7) is 8.21. The molecule has 1 aromatic carbocycles. The largest absolute Gasteiger partial charge is 0.367 e. The zero-order valence-corrected chi connectivity index (χ0v) is 17.6. The van der Waals surface area contributed by atoms with E-state index in [9.17, 15) is 9.59 Å². The quantitative estimate of drug-likeness (QED) is 0.772. The number of carbonyl (C=O) groups is 2. The Labute approximate surface area is 177 Å². The number of ketones is 1. The van der Waals surface area contributed by atoms with Gasteiger partial charge in [0.25, 0.3) is 0 Å². The van der Waals surface area contributed by atoms with Gasteiger partial charge < -0.3 is 15.1 Å². The summed E-state index contributed by atoms with van der Waals surface area (Å²) in [5.74, 6) is -0.0683. The van der Waals surface area contributed by atoms with E-state index in [2.05, 4.69) is 15.2 Å². The number of hydrogen-bond acceptors (Lipinski definition) is 5. The topological polar surface area (TPSA) is 89.3 Å². The summed E-state index contributed by atoms with van der Waals surface area (Å²) >= 11 is 0. The molecule has 30 heavy (non-hydrogen) atoms. The molecule has 1 atom stereocenters. The average molecular weight is 406 g/mol. The zero-order chi connectivity index (χ0) is 21.7. The third-order valence-electron chi connectivity index (χ3n) is 5.86. The molecule has 0 bridgehead atoms. The average Bonchev–Trinajstić information content (AvgIpc) is 2.79. The van der Waals surface area contributed by atoms with Gasteiger partial charge in [0.2, 0.25) is 0 Å². The van der Waals surface area contributed by atoms with Crippen LogP contribution < -0.4 is 10.2 Å². The summed E-state index contributed by atoms with van der Waals surface area (Å²) in [5, 5.41) is 11.9. The third kappa shape index (κ3) is 4.60. The molecule has 1 aromatic heterocycles. The molecule has 7 nitrogen and oxygen atoms in total. The number of hydrogen-bond donors (Lipinski definition) is 1. The molecule has 2 heterocycles. The number of amides is 2. The van der Waals surface area contributed by atoms with E-state index in [1.54, 1.807) is 35.4 Å². The Kier molecular flexibility index (Phi) is 6.36. The fraction of sp³-hybridized carbons (Fsp3) is 0.391. The number of Topliss-reactive ketones (excluding diaryl/α,β-unsaturated/α-hetero) is 1. The summed E-state index contributed by atoms with van der Waals surface area (Å²) in [4.78, 5) is 33.9. The molecular formula is C23H27N5O2. The van der Waals surface area contributed by atoms with Gasteiger partial charge in [-0.05, 0) is 31.2 Å². The number of nitriles is 1. The highest BCUT2D eigenvalue weighted by atomic mass is 16.2. The molecule has 0 spiro atoms. The first kappa shape index (κ1) is 21.3. The van der Waals surface area contributed by atoms with Gasteiger partial charge in [-0.25, -0.2) is 4.79 Å². The molecule has 2 amide bonds. The molecule has 0 aliphatic carbocycles. The lowest BCUT2D eigenvalue weighted by molar-refractivity contribution is 0.0790. The highest BCUT2D eigenvalue weighted by molar-refractivity contribution is 6.00. The molecule has 3 rings (SSSR count). The number of urea groups is 1. The van der Waals surface area contributed by atoms with E-state index >= 15 is 0 Å². The van der Waals surface area contributed by atoms with Crippen LogP contribution >= 0.6 is 0 Å². The Morgan fingerprint density at radius 3 is 2.37 bits per heavy atom. The molecule has 1 aliphatic heterocycles. The van der Waals surface area contributed by atoms with E-state index in [1.807, 2.05) is 45.2 Å². The van der Waals surface area contributed by atoms with Crippen molar-refractivity contribution in [3.63, 3.8) is 0 Å². The lowest BCUT2D eigenvalue weighted by Gasteiger charge is -2.38. The first-order chi connectivity index (χ1) is 14.3. The van der Waals surface area contributed by atoms with E-state index in [0.717, 1.165) is 18.8 Å². The fourth-order valence-electron chi connectivity index (χ4n) is 3.43. The van der Waals surface area contributed by atoms with Crippen molar-refractivity contribution >= 4 is 17.5 Å². The minimum atomic E-state index is -0.790. The van der Waals surface area contributed by atoms with Crippen LogP contribution in [0.25, 0.3) is 0 Å². The minimum Gasteiger partial charge on any atom is -0.367 e. The highest BCUT2D eigenvalue weighted by Gasteiger charge is 2.36. The highest BCUT2D eigenvalue weighted by Crippen LogP contribution is 2.27. The van der Waals surface area contributed by atoms with Crippen LogP contribution in [0.15, 0.2) is 48.8 Å². The molecule has 1 aliphatic rings. The first-order valence-electron chi connectivity index (χ1n) is 10.1. The maximum atomic E-state index is 13.0. The fourth-order valence-corrected chi connectivity index (χ4v) is 3.43. The van der Waals surface area contributed by atoms with Gasteiger partial charge in [-0.1, -0.05) is 26.0 Å². The second kappa shape index (κ2) is 8.95. The van der Waals surface area contributed by atoms with Gasteiger partial charge in [0.1, 0.15) is 0 Å². The second-order valence-corrected chi connectivity index (χ2v) is 8.10. The van der Waals surface area contributed by atoms with E-state index < -0.39 is 5.41 Å². The van der Waals surface area contributed by atoms with Crippen molar-refractivity contribution in [1.82, 2.24) is 15.2 Å². The van der Waals surface area contributed by atoms with Crippen LogP contribution in [0.3, 0.4) is 0 Å². The van der Waals surface area contributed by atoms with Crippen LogP contribution in [-0.2, 0) is 0 Å². The molecule has 1 fully saturated rings. The summed E-state index contributed by atoms with van der Waals surface area (Å²) < 4.78 is 0. The number of piperazine rings is 1. The van der Waals surface area contributed by atoms with Gasteiger partial charge in [-0.15, -0.1) is 0 Å². The van der Waals surface area contributed by atoms with Crippen LogP contribution in [0.1, 0.15) is 36.7 Å². The minimum absolute atomic E-state index is 0.0683. The first-order valence-corrected chi connectivity index (χ1v) is 10.1. The predicted molar refractivity (Wildman–Crippen MR) is 115 cm³/mol. The van der Waals surface area contributed by atoms with E-state index in [0.29, 0.717) is 24.2 Å². The number of rotatable bonds is 5. The third-order valence-corrected chi connectivity index (χ3v) is 5.86. The molecule has 156 valence electrons. The van der Waals surface area contributed by atoms with Gasteiger partial charge in [0, 0.05) is 49.4 Å². The predicted octanol–water partition coefficient (Wildman–Crippen LogP) is 3.08. The van der Waals surface area contributed by atoms with Crippen molar-refractivity contribution in [3.8, 4) is 6.07 Å². The lowest BCUT2D eigenvalue weighted by Crippen LogP contribution is -2.56. The number of benzene rings is 1. The van der Waals surface area contributed by atoms with Crippen molar-refractivity contribution < 1.29 is 9.59 Å². The van der Waals surface area contributed by atoms with E-state index in [4.69, 9.17) is 5.26 Å². The van der Waals surface area contributed by atoms with Gasteiger partial charge in [-0.2, -0.15) is 5.26 Å². The maximum Gasteiger partial charge on any atom is 0.317 e. The van der Waals surface area contributed by atoms with Crippen molar-refractivity contribution in [2.75, 3.05) is 31.1 Å². The Morgan fingerprint density at radius 1 is 1.13 bits per heavy atom. The smallest absolute Gasteiger partial charge is 0.317 e. The van der Waals surface area contributed by atoms with Crippen LogP contribution in [0.2, 0.25) is 0 Å². The monoisotopic (exact) mass is 405 g/mol. The normalized spacial score (nSPS) is 15.3. The van der Waals surface area contributed by atoms with Crippen LogP contribution in [-0.4, -0.2) is 53.9 Å². The van der Waals surface area contributed by atoms with Crippen molar-refractivity contribution in [2.45, 2.75) is 26.8 Å². The van der Waals surface area contributed by atoms with E-state index in [1.165, 1.54) is 0 Å². The van der Waals surface area contributed by atoms with E-state index in [-0.39, 0.29) is 17.9 Å². The Morgan fingerprint density at radius 2 is 1.80 bits per heavy atom. The standard InChI is InChI=1S/C23H27N5O2/c1-17(23(2,3)21(29)19-8-6-18(15-24)7-9-19)26-22(30)28-13-11-27(12-14-28)20-5-4-10-25-16-20/h4-10,16-17H,11-14H2,1-3H3,(H,26,30). The lowest BCUT2D eigenvalue weighted by atomic mass is 9.78. The molecule has 7 heteroatoms. The molecule has 1 N–H and O–H groups in total. The molecule has 2 aromatic rings. The number of nitrogens with one attached hydrogen (secondary N) is 1. The van der Waals surface area contributed by atoms with Crippen LogP contribution in [0, 0.1) is 16.7 Å². The van der Waals surface area contributed by atoms with Crippen molar-refractivity contribution in [3.05, 3.63) is 59.9 Å². The summed E-state index contributed by atoms with van der Waals surface area (Å²) in [5.41, 5.74) is 1.31. The number of aromatic nitrogens is 1. The number of nitrogens with zero attached hydrogens (tertiary/aromatic N) is 4. The van der Waals surface area contributed by atoms with Gasteiger partial charge >= 0.3 is 6.03 Å². The van der Waals surface area contributed by atoms with Gasteiger partial charge in [-0.3, -0.25) is 9.78 Å². The Hall–Kier alpha value is -3.40. The number of carbonyl (C=O) groups excluding carboxylic acids is 2. The molecule has 1 saturated heterocycles. The summed E-state index contributed by atoms with van der Waals surface area (Å²) in [6.07, 6.45) is 3.57. The molecule has 1 unspecified atom stereocenters.